The van der Waals surface area contributed by atoms with Crippen LogP contribution in [0.25, 0.3) is 22.5 Å². The Labute approximate surface area is 190 Å². The fourth-order valence-electron chi connectivity index (χ4n) is 3.62. The molecule has 2 aromatic heterocycles. The number of oxazole rings is 1. The van der Waals surface area contributed by atoms with E-state index in [1.54, 1.807) is 18.9 Å². The summed E-state index contributed by atoms with van der Waals surface area (Å²) < 4.78 is 13.6. The van der Waals surface area contributed by atoms with Gasteiger partial charge in [-0.05, 0) is 36.2 Å². The zero-order chi connectivity index (χ0) is 21.8. The number of thioether (sulfide) groups is 1. The van der Waals surface area contributed by atoms with E-state index in [0.29, 0.717) is 11.6 Å². The zero-order valence-corrected chi connectivity index (χ0v) is 18.5. The number of aryl methyl sites for hydroxylation is 1. The highest BCUT2D eigenvalue weighted by atomic mass is 32.2. The monoisotopic (exact) mass is 442 g/mol. The van der Waals surface area contributed by atoms with E-state index in [4.69, 9.17) is 9.15 Å². The Morgan fingerprint density at radius 3 is 2.53 bits per heavy atom. The third kappa shape index (κ3) is 4.24. The molecule has 0 radical (unpaired) electrons. The number of methoxy groups -OCH3 is 1. The van der Waals surface area contributed by atoms with Crippen molar-refractivity contribution in [1.82, 2.24) is 19.7 Å². The molecule has 0 aliphatic heterocycles. The van der Waals surface area contributed by atoms with Crippen LogP contribution in [-0.4, -0.2) is 26.9 Å². The lowest BCUT2D eigenvalue weighted by atomic mass is 10.1. The quantitative estimate of drug-likeness (QED) is 0.290. The lowest BCUT2D eigenvalue weighted by Crippen LogP contribution is -2.06. The first kappa shape index (κ1) is 20.3. The molecule has 0 aliphatic rings. The molecule has 5 aromatic rings. The molecule has 2 heterocycles. The van der Waals surface area contributed by atoms with Gasteiger partial charge in [-0.1, -0.05) is 66.4 Å². The molecule has 32 heavy (non-hydrogen) atoms. The number of hydrogen-bond donors (Lipinski definition) is 0. The summed E-state index contributed by atoms with van der Waals surface area (Å²) in [6, 6.07) is 26.1. The molecule has 6 nitrogen and oxygen atoms in total. The van der Waals surface area contributed by atoms with Crippen molar-refractivity contribution >= 4 is 22.9 Å². The van der Waals surface area contributed by atoms with Crippen LogP contribution >= 0.6 is 11.8 Å². The third-order valence-corrected chi connectivity index (χ3v) is 6.15. The van der Waals surface area contributed by atoms with Crippen LogP contribution in [0.15, 0.2) is 88.4 Å². The molecule has 0 spiro atoms. The minimum absolute atomic E-state index is 0.573. The fourth-order valence-corrected chi connectivity index (χ4v) is 4.43. The predicted molar refractivity (Wildman–Crippen MR) is 126 cm³/mol. The minimum Gasteiger partial charge on any atom is -0.496 e. The van der Waals surface area contributed by atoms with Crippen LogP contribution in [0.3, 0.4) is 0 Å². The van der Waals surface area contributed by atoms with E-state index in [2.05, 4.69) is 44.0 Å². The fraction of sp³-hybridized carbons (Fsp3) is 0.160. The van der Waals surface area contributed by atoms with Gasteiger partial charge in [-0.2, -0.15) is 0 Å². The highest BCUT2D eigenvalue weighted by molar-refractivity contribution is 7.98. The standard InChI is InChI=1S/C25H22N4O2S/c1-30-21-13-7-5-11-19(21)24-27-28-25(29(24)16-15-18-9-3-2-4-10-18)32-17-23-26-20-12-6-8-14-22(20)31-23/h2-14H,15-17H2,1H3. The van der Waals surface area contributed by atoms with Crippen LogP contribution in [0.5, 0.6) is 5.75 Å². The average molecular weight is 443 g/mol. The van der Waals surface area contributed by atoms with E-state index in [0.717, 1.165) is 46.4 Å². The molecule has 0 unspecified atom stereocenters. The summed E-state index contributed by atoms with van der Waals surface area (Å²) in [5.41, 5.74) is 3.85. The van der Waals surface area contributed by atoms with Crippen LogP contribution < -0.4 is 4.74 Å². The molecule has 160 valence electrons. The van der Waals surface area contributed by atoms with Crippen molar-refractivity contribution in [3.05, 3.63) is 90.3 Å². The van der Waals surface area contributed by atoms with Crippen molar-refractivity contribution in [1.29, 1.82) is 0 Å². The number of para-hydroxylation sites is 3. The Bertz CT molecular complexity index is 1300. The third-order valence-electron chi connectivity index (χ3n) is 5.19. The van der Waals surface area contributed by atoms with E-state index in [9.17, 15) is 0 Å². The molecule has 0 aliphatic carbocycles. The van der Waals surface area contributed by atoms with E-state index < -0.39 is 0 Å². The lowest BCUT2D eigenvalue weighted by molar-refractivity contribution is 0.415. The SMILES string of the molecule is COc1ccccc1-c1nnc(SCc2nc3ccccc3o2)n1CCc1ccccc1. The molecule has 0 bridgehead atoms. The number of benzene rings is 3. The van der Waals surface area contributed by atoms with Crippen LogP contribution in [0.1, 0.15) is 11.5 Å². The maximum atomic E-state index is 5.88. The van der Waals surface area contributed by atoms with Gasteiger partial charge < -0.3 is 13.7 Å². The van der Waals surface area contributed by atoms with Gasteiger partial charge in [0.1, 0.15) is 11.3 Å². The average Bonchev–Trinajstić information content (AvgIpc) is 3.45. The van der Waals surface area contributed by atoms with E-state index in [1.807, 2.05) is 54.6 Å². The largest absolute Gasteiger partial charge is 0.496 e. The summed E-state index contributed by atoms with van der Waals surface area (Å²) in [4.78, 5) is 4.58. The maximum absolute atomic E-state index is 5.88. The summed E-state index contributed by atoms with van der Waals surface area (Å²) >= 11 is 1.57. The number of nitrogens with zero attached hydrogens (tertiary/aromatic N) is 4. The van der Waals surface area contributed by atoms with Crippen molar-refractivity contribution in [2.24, 2.45) is 0 Å². The molecule has 0 saturated carbocycles. The first-order valence-electron chi connectivity index (χ1n) is 10.4. The van der Waals surface area contributed by atoms with Crippen LogP contribution in [0, 0.1) is 0 Å². The molecule has 7 heteroatoms. The maximum Gasteiger partial charge on any atom is 0.205 e. The molecule has 5 rings (SSSR count). The van der Waals surface area contributed by atoms with E-state index in [-0.39, 0.29) is 0 Å². The van der Waals surface area contributed by atoms with Crippen LogP contribution in [0.2, 0.25) is 0 Å². The number of hydrogen-bond acceptors (Lipinski definition) is 6. The molecule has 0 fully saturated rings. The topological polar surface area (TPSA) is 66.0 Å². The van der Waals surface area contributed by atoms with Crippen LogP contribution in [0.4, 0.5) is 0 Å². The summed E-state index contributed by atoms with van der Waals surface area (Å²) in [6.45, 7) is 0.750. The molecular weight excluding hydrogens is 420 g/mol. The summed E-state index contributed by atoms with van der Waals surface area (Å²) in [5, 5.41) is 9.85. The van der Waals surface area contributed by atoms with Gasteiger partial charge in [-0.25, -0.2) is 4.98 Å². The lowest BCUT2D eigenvalue weighted by Gasteiger charge is -2.12. The van der Waals surface area contributed by atoms with Gasteiger partial charge in [0.15, 0.2) is 16.6 Å². The van der Waals surface area contributed by atoms with Gasteiger partial charge in [-0.3, -0.25) is 0 Å². The molecule has 0 N–H and O–H groups in total. The highest BCUT2D eigenvalue weighted by Gasteiger charge is 2.18. The second-order valence-corrected chi connectivity index (χ2v) is 8.20. The van der Waals surface area contributed by atoms with Crippen molar-refractivity contribution in [2.45, 2.75) is 23.9 Å². The minimum atomic E-state index is 0.573. The van der Waals surface area contributed by atoms with Gasteiger partial charge >= 0.3 is 0 Å². The first-order valence-corrected chi connectivity index (χ1v) is 11.4. The van der Waals surface area contributed by atoms with Crippen LogP contribution in [-0.2, 0) is 18.7 Å². The molecular formula is C25H22N4O2S. The Balaban J connectivity index is 1.44. The van der Waals surface area contributed by atoms with Crippen molar-refractivity contribution in [3.63, 3.8) is 0 Å². The predicted octanol–water partition coefficient (Wildman–Crippen LogP) is 5.63. The Morgan fingerprint density at radius 1 is 0.906 bits per heavy atom. The molecule has 0 saturated heterocycles. The summed E-state index contributed by atoms with van der Waals surface area (Å²) in [5.74, 6) is 2.81. The van der Waals surface area contributed by atoms with Gasteiger partial charge in [0.25, 0.3) is 0 Å². The van der Waals surface area contributed by atoms with Crippen molar-refractivity contribution in [2.75, 3.05) is 7.11 Å². The van der Waals surface area contributed by atoms with E-state index >= 15 is 0 Å². The number of ether oxygens (including phenoxy) is 1. The Hall–Kier alpha value is -3.58. The number of fused-ring (bicyclic) bond motifs is 1. The van der Waals surface area contributed by atoms with Gasteiger partial charge in [-0.15, -0.1) is 10.2 Å². The number of aromatic nitrogens is 4. The van der Waals surface area contributed by atoms with Gasteiger partial charge in [0.05, 0.1) is 18.4 Å². The first-order chi connectivity index (χ1) is 15.8. The molecule has 0 atom stereocenters. The molecule has 0 amide bonds. The second-order valence-electron chi connectivity index (χ2n) is 7.26. The summed E-state index contributed by atoms with van der Waals surface area (Å²) in [7, 11) is 1.67. The molecule has 3 aromatic carbocycles. The van der Waals surface area contributed by atoms with Crippen molar-refractivity contribution < 1.29 is 9.15 Å². The second kappa shape index (κ2) is 9.28. The van der Waals surface area contributed by atoms with E-state index in [1.165, 1.54) is 5.56 Å². The van der Waals surface area contributed by atoms with Crippen molar-refractivity contribution in [3.8, 4) is 17.1 Å². The Kier molecular flexibility index (Phi) is 5.89. The van der Waals surface area contributed by atoms with Gasteiger partial charge in [0, 0.05) is 6.54 Å². The number of rotatable bonds is 8. The zero-order valence-electron chi connectivity index (χ0n) is 17.6. The van der Waals surface area contributed by atoms with Gasteiger partial charge in [0.2, 0.25) is 5.89 Å². The highest BCUT2D eigenvalue weighted by Crippen LogP contribution is 2.32. The Morgan fingerprint density at radius 2 is 1.69 bits per heavy atom. The smallest absolute Gasteiger partial charge is 0.205 e. The normalized spacial score (nSPS) is 11.2. The summed E-state index contributed by atoms with van der Waals surface area (Å²) in [6.07, 6.45) is 0.872.